The van der Waals surface area contributed by atoms with Crippen molar-refractivity contribution in [3.05, 3.63) is 10.7 Å². The van der Waals surface area contributed by atoms with Gasteiger partial charge in [-0.2, -0.15) is 0 Å². The second-order valence-corrected chi connectivity index (χ2v) is 4.83. The largest absolute Gasteiger partial charge is 0.393 e. The Labute approximate surface area is 91.9 Å². The molecular weight excluding hydrogens is 246 g/mol. The third-order valence-corrected chi connectivity index (χ3v) is 3.29. The van der Waals surface area contributed by atoms with Gasteiger partial charge in [0.1, 0.15) is 5.84 Å². The van der Waals surface area contributed by atoms with Crippen molar-refractivity contribution in [1.82, 2.24) is 10.2 Å². The number of amidine groups is 1. The number of ether oxygens (including phenoxy) is 1. The van der Waals surface area contributed by atoms with E-state index in [1.54, 1.807) is 6.20 Å². The second-order valence-electron chi connectivity index (χ2n) is 3.98. The molecule has 2 N–H and O–H groups in total. The summed E-state index contributed by atoms with van der Waals surface area (Å²) >= 11 is 3.36. The van der Waals surface area contributed by atoms with E-state index >= 15 is 0 Å². The highest BCUT2D eigenvalue weighted by Crippen LogP contribution is 2.38. The Balaban J connectivity index is 1.86. The number of nitrogens with one attached hydrogen (secondary N) is 2. The van der Waals surface area contributed by atoms with Crippen molar-refractivity contribution in [1.29, 1.82) is 5.41 Å². The quantitative estimate of drug-likeness (QED) is 0.569. The standard InChI is InChI=1S/C9H14BrN3O/c1-12-2-7(10)8(11)13-3-9(4-13)5-14-6-9/h2,11-12H,3-6H2,1H3/b7-2+,11-8?. The van der Waals surface area contributed by atoms with Crippen LogP contribution in [0.1, 0.15) is 0 Å². The van der Waals surface area contributed by atoms with Crippen LogP contribution in [-0.4, -0.2) is 44.1 Å². The van der Waals surface area contributed by atoms with Gasteiger partial charge >= 0.3 is 0 Å². The summed E-state index contributed by atoms with van der Waals surface area (Å²) in [6.45, 7) is 3.64. The molecule has 2 rings (SSSR count). The average molecular weight is 260 g/mol. The molecule has 2 aliphatic rings. The number of rotatable bonds is 2. The van der Waals surface area contributed by atoms with Crippen LogP contribution in [-0.2, 0) is 4.74 Å². The van der Waals surface area contributed by atoms with E-state index in [-0.39, 0.29) is 0 Å². The highest BCUT2D eigenvalue weighted by molar-refractivity contribution is 9.12. The molecule has 0 amide bonds. The molecule has 0 atom stereocenters. The SMILES string of the molecule is CN/C=C(/Br)C(=N)N1CC2(COC2)C1. The monoisotopic (exact) mass is 259 g/mol. The minimum atomic E-state index is 0.374. The number of hydrogen-bond acceptors (Lipinski definition) is 3. The Morgan fingerprint density at radius 1 is 1.57 bits per heavy atom. The summed E-state index contributed by atoms with van der Waals surface area (Å²) in [5.41, 5.74) is 0.374. The molecule has 2 fully saturated rings. The van der Waals surface area contributed by atoms with Crippen LogP contribution >= 0.6 is 15.9 Å². The Hall–Kier alpha value is -0.550. The molecule has 0 aliphatic carbocycles. The van der Waals surface area contributed by atoms with Crippen LogP contribution < -0.4 is 5.32 Å². The van der Waals surface area contributed by atoms with E-state index < -0.39 is 0 Å². The van der Waals surface area contributed by atoms with Crippen molar-refractivity contribution < 1.29 is 4.74 Å². The molecule has 78 valence electrons. The maximum Gasteiger partial charge on any atom is 0.136 e. The first-order valence-electron chi connectivity index (χ1n) is 4.61. The highest BCUT2D eigenvalue weighted by Gasteiger charge is 2.49. The van der Waals surface area contributed by atoms with Gasteiger partial charge in [0.2, 0.25) is 0 Å². The van der Waals surface area contributed by atoms with Crippen LogP contribution in [0.4, 0.5) is 0 Å². The van der Waals surface area contributed by atoms with Gasteiger partial charge in [0.15, 0.2) is 0 Å². The maximum absolute atomic E-state index is 7.86. The molecule has 5 heteroatoms. The third kappa shape index (κ3) is 1.54. The highest BCUT2D eigenvalue weighted by atomic mass is 79.9. The number of nitrogens with zero attached hydrogens (tertiary/aromatic N) is 1. The zero-order valence-corrected chi connectivity index (χ0v) is 9.73. The first-order valence-corrected chi connectivity index (χ1v) is 5.41. The summed E-state index contributed by atoms with van der Waals surface area (Å²) in [5.74, 6) is 0.553. The predicted octanol–water partition coefficient (Wildman–Crippen LogP) is 0.752. The topological polar surface area (TPSA) is 48.4 Å². The maximum atomic E-state index is 7.86. The number of hydrogen-bond donors (Lipinski definition) is 2. The summed E-state index contributed by atoms with van der Waals surface area (Å²) < 4.78 is 5.98. The van der Waals surface area contributed by atoms with Gasteiger partial charge in [-0.3, -0.25) is 5.41 Å². The minimum Gasteiger partial charge on any atom is -0.393 e. The zero-order chi connectivity index (χ0) is 10.2. The van der Waals surface area contributed by atoms with Gasteiger partial charge in [0, 0.05) is 26.3 Å². The Morgan fingerprint density at radius 2 is 2.21 bits per heavy atom. The molecule has 0 aromatic rings. The van der Waals surface area contributed by atoms with Crippen molar-refractivity contribution in [2.24, 2.45) is 5.41 Å². The lowest BCUT2D eigenvalue weighted by Gasteiger charge is -2.55. The van der Waals surface area contributed by atoms with E-state index in [0.717, 1.165) is 30.8 Å². The van der Waals surface area contributed by atoms with Gasteiger partial charge < -0.3 is 15.0 Å². The van der Waals surface area contributed by atoms with Gasteiger partial charge in [-0.05, 0) is 15.9 Å². The van der Waals surface area contributed by atoms with E-state index in [1.165, 1.54) is 0 Å². The summed E-state index contributed by atoms with van der Waals surface area (Å²) in [6.07, 6.45) is 1.78. The van der Waals surface area contributed by atoms with Gasteiger partial charge in [0.05, 0.1) is 23.1 Å². The summed E-state index contributed by atoms with van der Waals surface area (Å²) in [4.78, 5) is 2.06. The van der Waals surface area contributed by atoms with Crippen molar-refractivity contribution in [2.75, 3.05) is 33.4 Å². The fourth-order valence-corrected chi connectivity index (χ4v) is 2.32. The minimum absolute atomic E-state index is 0.374. The van der Waals surface area contributed by atoms with Gasteiger partial charge in [-0.1, -0.05) is 0 Å². The van der Waals surface area contributed by atoms with Crippen molar-refractivity contribution in [3.8, 4) is 0 Å². The van der Waals surface area contributed by atoms with Crippen molar-refractivity contribution in [3.63, 3.8) is 0 Å². The molecule has 0 bridgehead atoms. The lowest BCUT2D eigenvalue weighted by Crippen LogP contribution is -2.67. The molecule has 2 saturated heterocycles. The van der Waals surface area contributed by atoms with Crippen LogP contribution in [0.5, 0.6) is 0 Å². The molecule has 14 heavy (non-hydrogen) atoms. The molecule has 0 unspecified atom stereocenters. The summed E-state index contributed by atoms with van der Waals surface area (Å²) in [7, 11) is 1.83. The molecular formula is C9H14BrN3O. The van der Waals surface area contributed by atoms with Gasteiger partial charge in [-0.15, -0.1) is 0 Å². The van der Waals surface area contributed by atoms with Crippen LogP contribution in [0.15, 0.2) is 10.7 Å². The lowest BCUT2D eigenvalue weighted by molar-refractivity contribution is -0.170. The average Bonchev–Trinajstić information content (AvgIpc) is 1.99. The molecule has 1 spiro atoms. The fourth-order valence-electron chi connectivity index (χ4n) is 1.84. The van der Waals surface area contributed by atoms with Crippen LogP contribution in [0, 0.1) is 10.8 Å². The van der Waals surface area contributed by atoms with Crippen molar-refractivity contribution in [2.45, 2.75) is 0 Å². The number of likely N-dealkylation sites (tertiary alicyclic amines) is 1. The van der Waals surface area contributed by atoms with Crippen LogP contribution in [0.2, 0.25) is 0 Å². The summed E-state index contributed by atoms with van der Waals surface area (Å²) in [6, 6.07) is 0. The first kappa shape index (κ1) is 9.98. The normalized spacial score (nSPS) is 24.1. The van der Waals surface area contributed by atoms with Crippen molar-refractivity contribution >= 4 is 21.8 Å². The molecule has 2 heterocycles. The molecule has 0 radical (unpaired) electrons. The molecule has 4 nitrogen and oxygen atoms in total. The fraction of sp³-hybridized carbons (Fsp3) is 0.667. The first-order chi connectivity index (χ1) is 6.67. The van der Waals surface area contributed by atoms with Crippen LogP contribution in [0.3, 0.4) is 0 Å². The van der Waals surface area contributed by atoms with Gasteiger partial charge in [-0.25, -0.2) is 0 Å². The molecule has 2 aliphatic heterocycles. The summed E-state index contributed by atoms with van der Waals surface area (Å²) in [5, 5.41) is 10.8. The molecule has 0 aromatic heterocycles. The Morgan fingerprint density at radius 3 is 2.64 bits per heavy atom. The smallest absolute Gasteiger partial charge is 0.136 e. The molecule has 0 aromatic carbocycles. The predicted molar refractivity (Wildman–Crippen MR) is 58.6 cm³/mol. The molecule has 0 saturated carbocycles. The van der Waals surface area contributed by atoms with E-state index in [0.29, 0.717) is 11.3 Å². The Bertz CT molecular complexity index is 278. The third-order valence-electron chi connectivity index (χ3n) is 2.68. The van der Waals surface area contributed by atoms with E-state index in [4.69, 9.17) is 10.1 Å². The van der Waals surface area contributed by atoms with E-state index in [9.17, 15) is 0 Å². The van der Waals surface area contributed by atoms with Gasteiger partial charge in [0.25, 0.3) is 0 Å². The van der Waals surface area contributed by atoms with E-state index in [2.05, 4.69) is 26.1 Å². The van der Waals surface area contributed by atoms with E-state index in [1.807, 2.05) is 7.05 Å². The number of halogens is 1. The van der Waals surface area contributed by atoms with Crippen LogP contribution in [0.25, 0.3) is 0 Å². The zero-order valence-electron chi connectivity index (χ0n) is 8.14. The second kappa shape index (κ2) is 3.55. The lowest BCUT2D eigenvalue weighted by atomic mass is 9.78. The Kier molecular flexibility index (Phi) is 2.53.